The number of rotatable bonds is 2. The molecule has 2 N–H and O–H groups in total. The molecule has 1 aliphatic rings. The molecule has 0 bridgehead atoms. The molecule has 0 spiro atoms. The maximum atomic E-state index is 11.5. The van der Waals surface area contributed by atoms with Crippen molar-refractivity contribution in [1.82, 2.24) is 5.32 Å². The van der Waals surface area contributed by atoms with E-state index in [0.29, 0.717) is 18.7 Å². The van der Waals surface area contributed by atoms with Gasteiger partial charge in [0.15, 0.2) is 0 Å². The van der Waals surface area contributed by atoms with Crippen molar-refractivity contribution in [3.63, 3.8) is 0 Å². The van der Waals surface area contributed by atoms with Gasteiger partial charge in [0.05, 0.1) is 0 Å². The lowest BCUT2D eigenvalue weighted by Gasteiger charge is -2.38. The van der Waals surface area contributed by atoms with Crippen molar-refractivity contribution in [2.45, 2.75) is 6.04 Å². The summed E-state index contributed by atoms with van der Waals surface area (Å²) in [6.07, 6.45) is 0. The molecular weight excluding hydrogens is 180 g/mol. The predicted molar refractivity (Wildman–Crippen MR) is 51.8 cm³/mol. The summed E-state index contributed by atoms with van der Waals surface area (Å²) in [7, 11) is 0. The Morgan fingerprint density at radius 3 is 2.57 bits per heavy atom. The molecule has 4 heteroatoms. The SMILES string of the molecule is O=C(NC1C[NH+]([O-])C1)c1ccccc1. The Labute approximate surface area is 82.1 Å². The lowest BCUT2D eigenvalue weighted by atomic mass is 10.1. The van der Waals surface area contributed by atoms with E-state index < -0.39 is 0 Å². The van der Waals surface area contributed by atoms with E-state index in [1.165, 1.54) is 0 Å². The van der Waals surface area contributed by atoms with Crippen LogP contribution in [0.1, 0.15) is 10.4 Å². The number of hydrogen-bond acceptors (Lipinski definition) is 2. The minimum absolute atomic E-state index is 0.0511. The fraction of sp³-hybridized carbons (Fsp3) is 0.300. The first kappa shape index (κ1) is 9.18. The van der Waals surface area contributed by atoms with Crippen LogP contribution < -0.4 is 10.4 Å². The van der Waals surface area contributed by atoms with Gasteiger partial charge in [0, 0.05) is 5.56 Å². The molecule has 1 fully saturated rings. The van der Waals surface area contributed by atoms with Crippen molar-refractivity contribution in [3.8, 4) is 0 Å². The molecule has 74 valence electrons. The monoisotopic (exact) mass is 192 g/mol. The third kappa shape index (κ3) is 1.92. The summed E-state index contributed by atoms with van der Waals surface area (Å²) in [6.45, 7) is 0.969. The van der Waals surface area contributed by atoms with Gasteiger partial charge in [0.25, 0.3) is 5.91 Å². The van der Waals surface area contributed by atoms with Crippen LogP contribution in [0.15, 0.2) is 30.3 Å². The number of carbonyl (C=O) groups is 1. The molecule has 0 unspecified atom stereocenters. The summed E-state index contributed by atoms with van der Waals surface area (Å²) in [4.78, 5) is 11.5. The van der Waals surface area contributed by atoms with Gasteiger partial charge in [-0.1, -0.05) is 18.2 Å². The number of amides is 1. The van der Waals surface area contributed by atoms with Crippen LogP contribution in [0.25, 0.3) is 0 Å². The summed E-state index contributed by atoms with van der Waals surface area (Å²) < 4.78 is 0. The van der Waals surface area contributed by atoms with Gasteiger partial charge in [-0.3, -0.25) is 4.79 Å². The standard InChI is InChI=1S/C10H12N2O2/c13-10(8-4-2-1-3-5-8)11-9-6-12(14)7-9/h1-5,9,12H,6-7H2,(H,11,13). The van der Waals surface area contributed by atoms with Gasteiger partial charge < -0.3 is 15.6 Å². The zero-order valence-corrected chi connectivity index (χ0v) is 7.69. The summed E-state index contributed by atoms with van der Waals surface area (Å²) in [6, 6.07) is 9.08. The molecule has 0 aliphatic carbocycles. The fourth-order valence-corrected chi connectivity index (χ4v) is 1.45. The fourth-order valence-electron chi connectivity index (χ4n) is 1.45. The maximum Gasteiger partial charge on any atom is 0.251 e. The van der Waals surface area contributed by atoms with E-state index in [4.69, 9.17) is 0 Å². The predicted octanol–water partition coefficient (Wildman–Crippen LogP) is -0.819. The van der Waals surface area contributed by atoms with Crippen molar-refractivity contribution in [2.24, 2.45) is 0 Å². The van der Waals surface area contributed by atoms with Crippen LogP contribution in [0.3, 0.4) is 0 Å². The van der Waals surface area contributed by atoms with Gasteiger partial charge in [-0.15, -0.1) is 0 Å². The molecule has 1 aliphatic heterocycles. The number of hydroxylamine groups is 2. The molecule has 1 aromatic carbocycles. The van der Waals surface area contributed by atoms with E-state index in [-0.39, 0.29) is 17.0 Å². The quantitative estimate of drug-likeness (QED) is 0.602. The molecule has 0 atom stereocenters. The first-order valence-corrected chi connectivity index (χ1v) is 4.63. The summed E-state index contributed by atoms with van der Waals surface area (Å²) in [5.74, 6) is -0.0944. The number of carbonyl (C=O) groups excluding carboxylic acids is 1. The van der Waals surface area contributed by atoms with Crippen molar-refractivity contribution >= 4 is 5.91 Å². The molecule has 0 saturated carbocycles. The summed E-state index contributed by atoms with van der Waals surface area (Å²) in [5.41, 5.74) is 0.645. The van der Waals surface area contributed by atoms with Crippen LogP contribution in [-0.4, -0.2) is 25.0 Å². The number of quaternary nitrogens is 1. The van der Waals surface area contributed by atoms with Crippen LogP contribution in [0, 0.1) is 5.21 Å². The van der Waals surface area contributed by atoms with Crippen molar-refractivity contribution < 1.29 is 9.86 Å². The van der Waals surface area contributed by atoms with Gasteiger partial charge in [0.2, 0.25) is 0 Å². The summed E-state index contributed by atoms with van der Waals surface area (Å²) >= 11 is 0. The third-order valence-electron chi connectivity index (χ3n) is 2.32. The van der Waals surface area contributed by atoms with Crippen LogP contribution in [0.5, 0.6) is 0 Å². The van der Waals surface area contributed by atoms with Gasteiger partial charge in [0.1, 0.15) is 19.1 Å². The van der Waals surface area contributed by atoms with E-state index in [2.05, 4.69) is 5.32 Å². The lowest BCUT2D eigenvalue weighted by Crippen LogP contribution is -3.18. The zero-order chi connectivity index (χ0) is 9.97. The Morgan fingerprint density at radius 1 is 1.36 bits per heavy atom. The van der Waals surface area contributed by atoms with Crippen LogP contribution >= 0.6 is 0 Å². The van der Waals surface area contributed by atoms with Crippen molar-refractivity contribution in [3.05, 3.63) is 41.1 Å². The molecule has 1 aromatic rings. The minimum atomic E-state index is -0.0944. The van der Waals surface area contributed by atoms with Gasteiger partial charge in [-0.2, -0.15) is 0 Å². The molecule has 0 radical (unpaired) electrons. The molecule has 0 aromatic heterocycles. The zero-order valence-electron chi connectivity index (χ0n) is 7.69. The van der Waals surface area contributed by atoms with E-state index in [1.54, 1.807) is 12.1 Å². The average molecular weight is 192 g/mol. The maximum absolute atomic E-state index is 11.5. The van der Waals surface area contributed by atoms with Gasteiger partial charge in [-0.05, 0) is 12.1 Å². The van der Waals surface area contributed by atoms with Crippen LogP contribution in [0.2, 0.25) is 0 Å². The summed E-state index contributed by atoms with van der Waals surface area (Å²) in [5, 5.41) is 13.7. The second-order valence-corrected chi connectivity index (χ2v) is 3.48. The normalized spacial score (nSPS) is 25.2. The largest absolute Gasteiger partial charge is 0.634 e. The van der Waals surface area contributed by atoms with E-state index in [0.717, 1.165) is 0 Å². The molecule has 4 nitrogen and oxygen atoms in total. The Kier molecular flexibility index (Phi) is 2.47. The van der Waals surface area contributed by atoms with Gasteiger partial charge in [-0.25, -0.2) is 0 Å². The van der Waals surface area contributed by atoms with E-state index >= 15 is 0 Å². The molecule has 14 heavy (non-hydrogen) atoms. The van der Waals surface area contributed by atoms with E-state index in [1.807, 2.05) is 18.2 Å². The molecule has 2 rings (SSSR count). The highest BCUT2D eigenvalue weighted by atomic mass is 16.5. The Bertz CT molecular complexity index is 320. The average Bonchev–Trinajstić information content (AvgIpc) is 2.17. The second-order valence-electron chi connectivity index (χ2n) is 3.48. The number of nitrogens with one attached hydrogen (secondary N) is 2. The second kappa shape index (κ2) is 3.77. The lowest BCUT2D eigenvalue weighted by molar-refractivity contribution is -0.893. The minimum Gasteiger partial charge on any atom is -0.634 e. The highest BCUT2D eigenvalue weighted by Gasteiger charge is 2.27. The van der Waals surface area contributed by atoms with Crippen molar-refractivity contribution in [1.29, 1.82) is 0 Å². The third-order valence-corrected chi connectivity index (χ3v) is 2.32. The van der Waals surface area contributed by atoms with E-state index in [9.17, 15) is 10.0 Å². The van der Waals surface area contributed by atoms with Gasteiger partial charge >= 0.3 is 0 Å². The highest BCUT2D eigenvalue weighted by molar-refractivity contribution is 5.94. The number of hydrogen-bond donors (Lipinski definition) is 2. The first-order valence-electron chi connectivity index (χ1n) is 4.63. The van der Waals surface area contributed by atoms with Crippen LogP contribution in [-0.2, 0) is 0 Å². The number of benzene rings is 1. The Balaban J connectivity index is 1.90. The molecule has 1 amide bonds. The van der Waals surface area contributed by atoms with Crippen LogP contribution in [0.4, 0.5) is 0 Å². The molecular formula is C10H12N2O2. The Morgan fingerprint density at radius 2 is 2.00 bits per heavy atom. The topological polar surface area (TPSA) is 56.6 Å². The van der Waals surface area contributed by atoms with Crippen molar-refractivity contribution in [2.75, 3.05) is 13.1 Å². The Hall–Kier alpha value is -1.39. The molecule has 1 heterocycles. The highest BCUT2D eigenvalue weighted by Crippen LogP contribution is 1.98. The first-order chi connectivity index (χ1) is 6.75. The molecule has 1 saturated heterocycles. The smallest absolute Gasteiger partial charge is 0.251 e.